The lowest BCUT2D eigenvalue weighted by atomic mass is 10.5. The van der Waals surface area contributed by atoms with Crippen molar-refractivity contribution in [3.05, 3.63) is 0 Å². The monoisotopic (exact) mass is 163 g/mol. The summed E-state index contributed by atoms with van der Waals surface area (Å²) in [6.07, 6.45) is 0.525. The van der Waals surface area contributed by atoms with Crippen molar-refractivity contribution >= 4 is 0 Å². The minimum atomic E-state index is -0.273. The smallest absolute Gasteiger partial charge is 0.102 e. The molecule has 0 radical (unpaired) electrons. The van der Waals surface area contributed by atoms with Crippen LogP contribution < -0.4 is 0 Å². The molecule has 0 heterocycles. The maximum Gasteiger partial charge on any atom is 0.102 e. The highest BCUT2D eigenvalue weighted by atomic mass is 18.2. The highest BCUT2D eigenvalue weighted by molar-refractivity contribution is 4.32. The zero-order valence-electron chi connectivity index (χ0n) is 7.77. The third-order valence-corrected chi connectivity index (χ3v) is 1.33. The molecule has 0 atom stereocenters. The third kappa shape index (κ3) is 9.85. The largest absolute Gasteiger partial charge is 0.376 e. The minimum absolute atomic E-state index is 0.273. The van der Waals surface area contributed by atoms with Gasteiger partial charge in [0.15, 0.2) is 0 Å². The number of alkyl halides is 1. The van der Waals surface area contributed by atoms with Crippen LogP contribution in [0.1, 0.15) is 6.42 Å². The van der Waals surface area contributed by atoms with E-state index in [0.717, 1.165) is 17.6 Å². The Balaban J connectivity index is 3.02. The van der Waals surface area contributed by atoms with Gasteiger partial charge in [0, 0.05) is 6.61 Å². The second kappa shape index (κ2) is 5.49. The zero-order chi connectivity index (χ0) is 8.74. The summed E-state index contributed by atoms with van der Waals surface area (Å²) in [4.78, 5) is 0. The first kappa shape index (κ1) is 10.8. The van der Waals surface area contributed by atoms with Gasteiger partial charge in [-0.05, 0) is 6.42 Å². The predicted octanol–water partition coefficient (Wildman–Crippen LogP) is 1.07. The standard InChI is InChI=1S/C8H19FNO/c1-10(2,3)6-8-11-7-4-5-9/h4-8H2,1-3H3/q+1/i9-1. The normalized spacial score (nSPS) is 12.0. The number of rotatable bonds is 6. The van der Waals surface area contributed by atoms with Crippen molar-refractivity contribution in [3.8, 4) is 0 Å². The summed E-state index contributed by atoms with van der Waals surface area (Å²) in [7, 11) is 6.33. The van der Waals surface area contributed by atoms with Gasteiger partial charge < -0.3 is 9.22 Å². The SMILES string of the molecule is C[N+](C)(C)CCOCCC[18F]. The van der Waals surface area contributed by atoms with Crippen LogP contribution in [-0.2, 0) is 4.74 Å². The fraction of sp³-hybridized carbons (Fsp3) is 1.00. The number of halogens is 1. The van der Waals surface area contributed by atoms with Crippen molar-refractivity contribution in [1.82, 2.24) is 0 Å². The lowest BCUT2D eigenvalue weighted by molar-refractivity contribution is -0.870. The van der Waals surface area contributed by atoms with Crippen LogP contribution in [0.2, 0.25) is 0 Å². The topological polar surface area (TPSA) is 9.23 Å². The average molecular weight is 163 g/mol. The van der Waals surface area contributed by atoms with Crippen LogP contribution in [0.15, 0.2) is 0 Å². The molecular formula is C8H19FNO+. The first-order chi connectivity index (χ1) is 5.06. The van der Waals surface area contributed by atoms with Gasteiger partial charge in [0.2, 0.25) is 0 Å². The lowest BCUT2D eigenvalue weighted by Crippen LogP contribution is -2.37. The summed E-state index contributed by atoms with van der Waals surface area (Å²) < 4.78 is 17.7. The van der Waals surface area contributed by atoms with Crippen LogP contribution in [0.4, 0.5) is 4.39 Å². The number of quaternary nitrogens is 1. The van der Waals surface area contributed by atoms with E-state index in [1.54, 1.807) is 0 Å². The van der Waals surface area contributed by atoms with Crippen LogP contribution in [0.25, 0.3) is 0 Å². The Morgan fingerprint density at radius 1 is 1.18 bits per heavy atom. The fourth-order valence-corrected chi connectivity index (χ4v) is 0.597. The van der Waals surface area contributed by atoms with E-state index in [1.807, 2.05) is 0 Å². The molecule has 0 aliphatic rings. The van der Waals surface area contributed by atoms with E-state index >= 15 is 0 Å². The van der Waals surface area contributed by atoms with Crippen LogP contribution >= 0.6 is 0 Å². The van der Waals surface area contributed by atoms with Gasteiger partial charge in [-0.15, -0.1) is 0 Å². The summed E-state index contributed by atoms with van der Waals surface area (Å²) in [6, 6.07) is 0. The van der Waals surface area contributed by atoms with Gasteiger partial charge >= 0.3 is 0 Å². The quantitative estimate of drug-likeness (QED) is 0.420. The average Bonchev–Trinajstić information content (AvgIpc) is 1.85. The van der Waals surface area contributed by atoms with Crippen LogP contribution in [-0.4, -0.2) is 52.1 Å². The predicted molar refractivity (Wildman–Crippen MR) is 44.3 cm³/mol. The van der Waals surface area contributed by atoms with E-state index in [-0.39, 0.29) is 6.67 Å². The summed E-state index contributed by atoms with van der Waals surface area (Å²) in [5.41, 5.74) is 0. The third-order valence-electron chi connectivity index (χ3n) is 1.33. The van der Waals surface area contributed by atoms with Gasteiger partial charge in [0.1, 0.15) is 6.54 Å². The van der Waals surface area contributed by atoms with Crippen molar-refractivity contribution in [2.24, 2.45) is 0 Å². The molecule has 2 nitrogen and oxygen atoms in total. The lowest BCUT2D eigenvalue weighted by Gasteiger charge is -2.23. The molecule has 0 aliphatic carbocycles. The molecule has 0 aromatic rings. The first-order valence-electron chi connectivity index (χ1n) is 4.00. The molecule has 0 amide bonds. The Bertz CT molecular complexity index is 90.6. The van der Waals surface area contributed by atoms with Crippen molar-refractivity contribution < 1.29 is 13.6 Å². The van der Waals surface area contributed by atoms with Crippen molar-refractivity contribution in [3.63, 3.8) is 0 Å². The number of hydrogen-bond donors (Lipinski definition) is 0. The molecule has 0 saturated heterocycles. The number of ether oxygens (including phenoxy) is 1. The van der Waals surface area contributed by atoms with Crippen LogP contribution in [0.5, 0.6) is 0 Å². The van der Waals surface area contributed by atoms with Crippen molar-refractivity contribution in [2.75, 3.05) is 47.6 Å². The molecule has 0 rings (SSSR count). The Morgan fingerprint density at radius 2 is 1.82 bits per heavy atom. The maximum atomic E-state index is 11.6. The molecule has 68 valence electrons. The van der Waals surface area contributed by atoms with Gasteiger partial charge in [0.05, 0.1) is 34.4 Å². The molecule has 0 aromatic heterocycles. The van der Waals surface area contributed by atoms with Crippen LogP contribution in [0, 0.1) is 0 Å². The first-order valence-corrected chi connectivity index (χ1v) is 4.00. The highest BCUT2D eigenvalue weighted by Crippen LogP contribution is 1.90. The molecule has 0 unspecified atom stereocenters. The Morgan fingerprint density at radius 3 is 2.27 bits per heavy atom. The molecule has 0 N–H and O–H groups in total. The van der Waals surface area contributed by atoms with Crippen molar-refractivity contribution in [1.29, 1.82) is 0 Å². The molecule has 11 heavy (non-hydrogen) atoms. The second-order valence-corrected chi connectivity index (χ2v) is 3.67. The summed E-state index contributed by atoms with van der Waals surface area (Å²) in [6.45, 7) is 1.98. The van der Waals surface area contributed by atoms with E-state index < -0.39 is 0 Å². The van der Waals surface area contributed by atoms with Gasteiger partial charge in [-0.25, -0.2) is 0 Å². The Kier molecular flexibility index (Phi) is 5.42. The van der Waals surface area contributed by atoms with Crippen molar-refractivity contribution in [2.45, 2.75) is 6.42 Å². The number of nitrogens with zero attached hydrogens (tertiary/aromatic N) is 1. The molecule has 0 aromatic carbocycles. The second-order valence-electron chi connectivity index (χ2n) is 3.67. The number of hydrogen-bond acceptors (Lipinski definition) is 1. The molecular weight excluding hydrogens is 144 g/mol. The van der Waals surface area contributed by atoms with Gasteiger partial charge in [0.25, 0.3) is 0 Å². The molecule has 0 fully saturated rings. The maximum absolute atomic E-state index is 11.6. The number of likely N-dealkylation sites (N-methyl/N-ethyl adjacent to an activating group) is 1. The van der Waals surface area contributed by atoms with Gasteiger partial charge in [-0.2, -0.15) is 0 Å². The van der Waals surface area contributed by atoms with Gasteiger partial charge in [-0.1, -0.05) is 0 Å². The highest BCUT2D eigenvalue weighted by Gasteiger charge is 2.04. The minimum Gasteiger partial charge on any atom is -0.376 e. The van der Waals surface area contributed by atoms with Crippen LogP contribution in [0.3, 0.4) is 0 Å². The Hall–Kier alpha value is -0.150. The summed E-state index contributed by atoms with van der Waals surface area (Å²) in [5, 5.41) is 0. The summed E-state index contributed by atoms with van der Waals surface area (Å²) in [5.74, 6) is 0. The fourth-order valence-electron chi connectivity index (χ4n) is 0.597. The molecule has 0 spiro atoms. The molecule has 0 bridgehead atoms. The van der Waals surface area contributed by atoms with E-state index in [1.165, 1.54) is 0 Å². The molecule has 0 saturated carbocycles. The summed E-state index contributed by atoms with van der Waals surface area (Å²) >= 11 is 0. The zero-order valence-corrected chi connectivity index (χ0v) is 7.77. The van der Waals surface area contributed by atoms with E-state index in [9.17, 15) is 4.39 Å². The van der Waals surface area contributed by atoms with E-state index in [0.29, 0.717) is 13.0 Å². The molecule has 0 aliphatic heterocycles. The van der Waals surface area contributed by atoms with E-state index in [2.05, 4.69) is 21.1 Å². The van der Waals surface area contributed by atoms with E-state index in [4.69, 9.17) is 4.74 Å². The van der Waals surface area contributed by atoms with Gasteiger partial charge in [-0.3, -0.25) is 4.39 Å². The Labute approximate surface area is 68.5 Å². The molecule has 3 heteroatoms.